The number of hydrogen-bond acceptors (Lipinski definition) is 3. The van der Waals surface area contributed by atoms with Crippen molar-refractivity contribution in [3.63, 3.8) is 0 Å². The summed E-state index contributed by atoms with van der Waals surface area (Å²) in [6.45, 7) is 7.32. The van der Waals surface area contributed by atoms with Gasteiger partial charge in [0.2, 0.25) is 5.91 Å². The highest BCUT2D eigenvalue weighted by molar-refractivity contribution is 5.95. The van der Waals surface area contributed by atoms with Gasteiger partial charge in [-0.2, -0.15) is 0 Å². The van der Waals surface area contributed by atoms with Crippen molar-refractivity contribution in [1.29, 1.82) is 0 Å². The lowest BCUT2D eigenvalue weighted by Crippen LogP contribution is -2.51. The van der Waals surface area contributed by atoms with E-state index >= 15 is 0 Å². The molecule has 3 N–H and O–H groups in total. The number of carboxylic acid groups (broad SMARTS) is 1. The number of rotatable bonds is 7. The van der Waals surface area contributed by atoms with Crippen molar-refractivity contribution >= 4 is 17.8 Å². The Bertz CT molecular complexity index is 581. The Morgan fingerprint density at radius 1 is 1.17 bits per heavy atom. The first kappa shape index (κ1) is 18.7. The fourth-order valence-corrected chi connectivity index (χ4v) is 2.04. The number of amides is 2. The Morgan fingerprint density at radius 3 is 2.17 bits per heavy atom. The molecule has 6 heteroatoms. The molecule has 1 aromatic carbocycles. The van der Waals surface area contributed by atoms with Gasteiger partial charge < -0.3 is 15.7 Å². The Hall–Kier alpha value is -2.37. The number of carbonyl (C=O) groups excluding carboxylic acids is 2. The van der Waals surface area contributed by atoms with Gasteiger partial charge in [-0.3, -0.25) is 14.4 Å². The van der Waals surface area contributed by atoms with Gasteiger partial charge in [0.1, 0.15) is 0 Å². The highest BCUT2D eigenvalue weighted by Crippen LogP contribution is 2.21. The summed E-state index contributed by atoms with van der Waals surface area (Å²) in [6.07, 6.45) is -0.142. The molecule has 2 amide bonds. The van der Waals surface area contributed by atoms with E-state index in [2.05, 4.69) is 10.6 Å². The van der Waals surface area contributed by atoms with Crippen LogP contribution >= 0.6 is 0 Å². The molecule has 6 nitrogen and oxygen atoms in total. The van der Waals surface area contributed by atoms with Crippen LogP contribution in [0.3, 0.4) is 0 Å². The Balaban J connectivity index is 2.80. The van der Waals surface area contributed by atoms with Crippen molar-refractivity contribution < 1.29 is 19.5 Å². The summed E-state index contributed by atoms with van der Waals surface area (Å²) in [7, 11) is 0. The van der Waals surface area contributed by atoms with E-state index in [0.29, 0.717) is 12.1 Å². The molecule has 0 saturated carbocycles. The van der Waals surface area contributed by atoms with Crippen LogP contribution in [-0.2, 0) is 16.1 Å². The highest BCUT2D eigenvalue weighted by Gasteiger charge is 2.33. The van der Waals surface area contributed by atoms with E-state index in [0.717, 1.165) is 5.56 Å². The normalized spacial score (nSPS) is 13.3. The molecule has 0 aliphatic heterocycles. The Labute approximate surface area is 136 Å². The largest absolute Gasteiger partial charge is 0.481 e. The third-order valence-electron chi connectivity index (χ3n) is 3.95. The molecular formula is C17H24N2O4. The lowest BCUT2D eigenvalue weighted by molar-refractivity contribution is -0.139. The second kappa shape index (κ2) is 7.76. The van der Waals surface area contributed by atoms with Crippen molar-refractivity contribution in [2.75, 3.05) is 0 Å². The molecule has 126 valence electrons. The summed E-state index contributed by atoms with van der Waals surface area (Å²) in [5.41, 5.74) is 0.514. The van der Waals surface area contributed by atoms with Crippen molar-refractivity contribution in [3.8, 4) is 0 Å². The van der Waals surface area contributed by atoms with Crippen LogP contribution in [-0.4, -0.2) is 28.4 Å². The van der Waals surface area contributed by atoms with Gasteiger partial charge in [-0.25, -0.2) is 0 Å². The molecule has 1 aromatic rings. The van der Waals surface area contributed by atoms with Gasteiger partial charge in [0.15, 0.2) is 0 Å². The summed E-state index contributed by atoms with van der Waals surface area (Å²) < 4.78 is 0. The van der Waals surface area contributed by atoms with Crippen molar-refractivity contribution in [1.82, 2.24) is 10.6 Å². The maximum Gasteiger partial charge on any atom is 0.305 e. The molecule has 0 radical (unpaired) electrons. The first-order chi connectivity index (χ1) is 10.6. The van der Waals surface area contributed by atoms with Gasteiger partial charge in [-0.1, -0.05) is 26.0 Å². The van der Waals surface area contributed by atoms with Crippen LogP contribution in [0.1, 0.15) is 50.0 Å². The van der Waals surface area contributed by atoms with Crippen LogP contribution in [0.15, 0.2) is 24.3 Å². The molecule has 0 aromatic heterocycles. The smallest absolute Gasteiger partial charge is 0.305 e. The topological polar surface area (TPSA) is 95.5 Å². The van der Waals surface area contributed by atoms with E-state index in [-0.39, 0.29) is 24.2 Å². The number of carboxylic acids is 1. The Morgan fingerprint density at radius 2 is 1.74 bits per heavy atom. The lowest BCUT2D eigenvalue weighted by atomic mass is 9.85. The number of hydrogen-bond donors (Lipinski definition) is 3. The summed E-state index contributed by atoms with van der Waals surface area (Å²) in [5.74, 6) is -1.41. The molecule has 0 bridgehead atoms. The van der Waals surface area contributed by atoms with E-state index in [9.17, 15) is 14.4 Å². The average Bonchev–Trinajstić information content (AvgIpc) is 2.44. The minimum Gasteiger partial charge on any atom is -0.481 e. The molecule has 0 saturated heterocycles. The molecule has 1 atom stereocenters. The Kier molecular flexibility index (Phi) is 6.30. The van der Waals surface area contributed by atoms with Crippen LogP contribution in [0.5, 0.6) is 0 Å². The van der Waals surface area contributed by atoms with Crippen molar-refractivity contribution in [3.05, 3.63) is 35.4 Å². The van der Waals surface area contributed by atoms with E-state index < -0.39 is 11.5 Å². The average molecular weight is 320 g/mol. The maximum absolute atomic E-state index is 12.3. The fraction of sp³-hybridized carbons (Fsp3) is 0.471. The van der Waals surface area contributed by atoms with Crippen LogP contribution in [0.25, 0.3) is 0 Å². The number of aliphatic carboxylic acids is 1. The zero-order valence-electron chi connectivity index (χ0n) is 14.0. The maximum atomic E-state index is 12.3. The quantitative estimate of drug-likeness (QED) is 0.715. The predicted octanol–water partition coefficient (Wildman–Crippen LogP) is 1.94. The van der Waals surface area contributed by atoms with E-state index in [1.807, 2.05) is 13.8 Å². The third-order valence-corrected chi connectivity index (χ3v) is 3.95. The SMILES string of the molecule is CC(=O)NCc1ccc(C(=O)NC(C)(CC(=O)O)C(C)C)cc1. The van der Waals surface area contributed by atoms with E-state index in [1.165, 1.54) is 6.92 Å². The first-order valence-electron chi connectivity index (χ1n) is 7.51. The number of carbonyl (C=O) groups is 3. The molecule has 0 spiro atoms. The predicted molar refractivity (Wildman–Crippen MR) is 86.9 cm³/mol. The molecule has 0 fully saturated rings. The van der Waals surface area contributed by atoms with Gasteiger partial charge in [-0.15, -0.1) is 0 Å². The third kappa shape index (κ3) is 5.73. The van der Waals surface area contributed by atoms with Crippen molar-refractivity contribution in [2.45, 2.75) is 46.2 Å². The van der Waals surface area contributed by atoms with Crippen LogP contribution in [0.2, 0.25) is 0 Å². The molecule has 1 rings (SSSR count). The fourth-order valence-electron chi connectivity index (χ4n) is 2.04. The molecule has 23 heavy (non-hydrogen) atoms. The molecular weight excluding hydrogens is 296 g/mol. The van der Waals surface area contributed by atoms with E-state index in [1.54, 1.807) is 31.2 Å². The highest BCUT2D eigenvalue weighted by atomic mass is 16.4. The monoisotopic (exact) mass is 320 g/mol. The van der Waals surface area contributed by atoms with Crippen LogP contribution in [0, 0.1) is 5.92 Å². The molecule has 0 aliphatic rings. The standard InChI is InChI=1S/C17H24N2O4/c1-11(2)17(4,9-15(21)22)19-16(23)14-7-5-13(6-8-14)10-18-12(3)20/h5-8,11H,9-10H2,1-4H3,(H,18,20)(H,19,23)(H,21,22). The van der Waals surface area contributed by atoms with Gasteiger partial charge in [0.05, 0.1) is 12.0 Å². The second-order valence-electron chi connectivity index (χ2n) is 6.20. The molecule has 1 unspecified atom stereocenters. The van der Waals surface area contributed by atoms with Crippen molar-refractivity contribution in [2.24, 2.45) is 5.92 Å². The number of nitrogens with one attached hydrogen (secondary N) is 2. The van der Waals surface area contributed by atoms with Gasteiger partial charge in [0, 0.05) is 19.0 Å². The van der Waals surface area contributed by atoms with Gasteiger partial charge in [-0.05, 0) is 30.5 Å². The zero-order valence-corrected chi connectivity index (χ0v) is 14.0. The summed E-state index contributed by atoms with van der Waals surface area (Å²) in [4.78, 5) is 34.3. The molecule has 0 aliphatic carbocycles. The number of benzene rings is 1. The summed E-state index contributed by atoms with van der Waals surface area (Å²) in [5, 5.41) is 14.5. The lowest BCUT2D eigenvalue weighted by Gasteiger charge is -2.33. The van der Waals surface area contributed by atoms with Crippen LogP contribution < -0.4 is 10.6 Å². The zero-order chi connectivity index (χ0) is 17.6. The minimum atomic E-state index is -0.952. The molecule has 0 heterocycles. The summed E-state index contributed by atoms with van der Waals surface area (Å²) in [6, 6.07) is 6.84. The first-order valence-corrected chi connectivity index (χ1v) is 7.51. The second-order valence-corrected chi connectivity index (χ2v) is 6.20. The van der Waals surface area contributed by atoms with Crippen LogP contribution in [0.4, 0.5) is 0 Å². The van der Waals surface area contributed by atoms with Gasteiger partial charge in [0.25, 0.3) is 5.91 Å². The van der Waals surface area contributed by atoms with Gasteiger partial charge >= 0.3 is 5.97 Å². The van der Waals surface area contributed by atoms with E-state index in [4.69, 9.17) is 5.11 Å². The minimum absolute atomic E-state index is 0.0263. The summed E-state index contributed by atoms with van der Waals surface area (Å²) >= 11 is 0.